The number of hydrogen-bond acceptors (Lipinski definition) is 6. The number of aliphatic hydroxyl groups excluding tert-OH is 1. The minimum Gasteiger partial charge on any atom is -0.400 e. The molecule has 0 spiro atoms. The molecule has 0 aromatic heterocycles. The monoisotopic (exact) mass is 456 g/mol. The van der Waals surface area contributed by atoms with E-state index in [4.69, 9.17) is 10.8 Å². The predicted molar refractivity (Wildman–Crippen MR) is 129 cm³/mol. The Hall–Kier alpha value is -1.94. The fourth-order valence-electron chi connectivity index (χ4n) is 3.15. The van der Waals surface area contributed by atoms with E-state index in [1.54, 1.807) is 39.6 Å². The summed E-state index contributed by atoms with van der Waals surface area (Å²) in [5.41, 5.74) is 10.3. The lowest BCUT2D eigenvalue weighted by molar-refractivity contribution is -0.383. The molecule has 0 atom stereocenters. The van der Waals surface area contributed by atoms with Gasteiger partial charge in [0, 0.05) is 24.2 Å². The number of benzene rings is 2. The second-order valence-electron chi connectivity index (χ2n) is 7.78. The Morgan fingerprint density at radius 2 is 1.17 bits per heavy atom. The summed E-state index contributed by atoms with van der Waals surface area (Å²) < 4.78 is 23.9. The normalized spacial score (nSPS) is 11.0. The van der Waals surface area contributed by atoms with E-state index in [1.165, 1.54) is 6.07 Å². The molecule has 7 nitrogen and oxygen atoms in total. The van der Waals surface area contributed by atoms with Crippen LogP contribution in [0.2, 0.25) is 0 Å². The second-order valence-corrected chi connectivity index (χ2v) is 14.1. The van der Waals surface area contributed by atoms with Crippen LogP contribution in [0.15, 0.2) is 24.3 Å². The topological polar surface area (TPSA) is 124 Å². The molecule has 3 N–H and O–H groups in total. The highest BCUT2D eigenvalue weighted by atomic mass is 31.2. The van der Waals surface area contributed by atoms with Gasteiger partial charge in [0.25, 0.3) is 5.69 Å². The van der Waals surface area contributed by atoms with Gasteiger partial charge in [-0.15, -0.1) is 0 Å². The molecule has 30 heavy (non-hydrogen) atoms. The molecule has 2 rings (SSSR count). The average molecular weight is 456 g/mol. The number of nitrogens with zero attached hydrogens (tertiary/aromatic N) is 1. The Bertz CT molecular complexity index is 1010. The molecule has 168 valence electrons. The first kappa shape index (κ1) is 28.1. The maximum Gasteiger partial charge on any atom is 0.280 e. The minimum absolute atomic E-state index is 0.0357. The molecule has 0 heterocycles. The fraction of sp³-hybridized carbons (Fsp3) is 0.429. The van der Waals surface area contributed by atoms with Crippen molar-refractivity contribution in [3.8, 4) is 0 Å². The predicted octanol–water partition coefficient (Wildman–Crippen LogP) is 4.20. The number of anilines is 1. The van der Waals surface area contributed by atoms with Gasteiger partial charge in [-0.05, 0) is 82.7 Å². The summed E-state index contributed by atoms with van der Waals surface area (Å²) in [6.07, 6.45) is 0. The Morgan fingerprint density at radius 1 is 0.800 bits per heavy atom. The van der Waals surface area contributed by atoms with Crippen molar-refractivity contribution in [3.63, 3.8) is 0 Å². The van der Waals surface area contributed by atoms with Crippen molar-refractivity contribution in [3.05, 3.63) is 56.6 Å². The molecule has 0 amide bonds. The smallest absolute Gasteiger partial charge is 0.280 e. The summed E-state index contributed by atoms with van der Waals surface area (Å²) in [6.45, 7) is 14.2. The minimum atomic E-state index is -2.62. The summed E-state index contributed by atoms with van der Waals surface area (Å²) in [4.78, 5) is 10.3. The number of hydrogen-bond donors (Lipinski definition) is 2. The third-order valence-corrected chi connectivity index (χ3v) is 8.00. The highest BCUT2D eigenvalue weighted by Crippen LogP contribution is 2.40. The molecule has 0 saturated carbocycles. The van der Waals surface area contributed by atoms with Crippen LogP contribution in [-0.2, 0) is 9.13 Å². The first-order chi connectivity index (χ1) is 13.6. The van der Waals surface area contributed by atoms with Crippen molar-refractivity contribution < 1.29 is 19.2 Å². The maximum absolute atomic E-state index is 12.0. The van der Waals surface area contributed by atoms with Crippen molar-refractivity contribution in [1.29, 1.82) is 0 Å². The third kappa shape index (κ3) is 7.09. The van der Waals surface area contributed by atoms with E-state index < -0.39 is 19.2 Å². The van der Waals surface area contributed by atoms with Gasteiger partial charge in [0.1, 0.15) is 14.3 Å². The van der Waals surface area contributed by atoms with Crippen molar-refractivity contribution in [2.24, 2.45) is 0 Å². The zero-order chi connectivity index (χ0) is 24.0. The van der Waals surface area contributed by atoms with Gasteiger partial charge in [-0.1, -0.05) is 12.1 Å². The van der Waals surface area contributed by atoms with Gasteiger partial charge in [-0.2, -0.15) is 0 Å². The fourth-order valence-corrected chi connectivity index (χ4v) is 6.52. The van der Waals surface area contributed by atoms with E-state index in [9.17, 15) is 19.2 Å². The lowest BCUT2D eigenvalue weighted by atomic mass is 10.1. The lowest BCUT2D eigenvalue weighted by Gasteiger charge is -2.15. The Balaban J connectivity index is 0.000000522. The maximum atomic E-state index is 12.0. The quantitative estimate of drug-likeness (QED) is 0.309. The van der Waals surface area contributed by atoms with Crippen LogP contribution in [0.4, 0.5) is 11.4 Å². The van der Waals surface area contributed by atoms with Crippen LogP contribution < -0.4 is 16.3 Å². The van der Waals surface area contributed by atoms with Gasteiger partial charge in [-0.25, -0.2) is 0 Å². The van der Waals surface area contributed by atoms with E-state index in [2.05, 4.69) is 0 Å². The average Bonchev–Trinajstić information content (AvgIpc) is 2.60. The molecule has 9 heteroatoms. The Kier molecular flexibility index (Phi) is 10.2. The molecule has 0 aliphatic carbocycles. The van der Waals surface area contributed by atoms with Gasteiger partial charge in [0.15, 0.2) is 0 Å². The van der Waals surface area contributed by atoms with Gasteiger partial charge < -0.3 is 20.0 Å². The van der Waals surface area contributed by atoms with Crippen LogP contribution in [0.1, 0.15) is 22.3 Å². The number of nitrogens with two attached hydrogens (primary N) is 1. The summed E-state index contributed by atoms with van der Waals surface area (Å²) in [5, 5.41) is 19.1. The Labute approximate surface area is 179 Å². The molecule has 2 aromatic carbocycles. The zero-order valence-corrected chi connectivity index (χ0v) is 21.1. The summed E-state index contributed by atoms with van der Waals surface area (Å²) in [6, 6.07) is 6.91. The van der Waals surface area contributed by atoms with Gasteiger partial charge in [0.2, 0.25) is 0 Å². The number of rotatable bonds is 3. The van der Waals surface area contributed by atoms with E-state index >= 15 is 0 Å². The molecule has 0 unspecified atom stereocenters. The van der Waals surface area contributed by atoms with E-state index in [-0.39, 0.29) is 5.69 Å². The number of aliphatic hydroxyl groups is 1. The molecule has 0 saturated heterocycles. The van der Waals surface area contributed by atoms with Crippen molar-refractivity contribution in [2.75, 3.05) is 39.5 Å². The van der Waals surface area contributed by atoms with Gasteiger partial charge in [0.05, 0.1) is 10.2 Å². The highest BCUT2D eigenvalue weighted by molar-refractivity contribution is 7.70. The van der Waals surface area contributed by atoms with Crippen molar-refractivity contribution >= 4 is 36.3 Å². The number of nitro benzene ring substituents is 1. The van der Waals surface area contributed by atoms with Gasteiger partial charge >= 0.3 is 0 Å². The molecular weight excluding hydrogens is 422 g/mol. The largest absolute Gasteiger partial charge is 0.400 e. The van der Waals surface area contributed by atoms with Crippen LogP contribution in [-0.4, -0.2) is 43.8 Å². The van der Waals surface area contributed by atoms with E-state index in [0.29, 0.717) is 11.0 Å². The van der Waals surface area contributed by atoms with E-state index in [1.807, 2.05) is 32.9 Å². The van der Waals surface area contributed by atoms with Crippen LogP contribution in [0.3, 0.4) is 0 Å². The molecule has 0 aliphatic heterocycles. The second kappa shape index (κ2) is 10.9. The van der Waals surface area contributed by atoms with Crippen LogP contribution >= 0.6 is 14.3 Å². The van der Waals surface area contributed by atoms with Crippen molar-refractivity contribution in [1.82, 2.24) is 0 Å². The first-order valence-electron chi connectivity index (χ1n) is 9.25. The number of nitrogen functional groups attached to an aromatic ring is 1. The van der Waals surface area contributed by atoms with Crippen LogP contribution in [0.25, 0.3) is 0 Å². The molecule has 0 bridgehead atoms. The SMILES string of the molecule is CO.Cc1ccc(N)c(P(C)(C)=O)c1C.Cc1ccc([N+](=O)[O-])c(P(C)(C)=O)c1C. The van der Waals surface area contributed by atoms with Gasteiger partial charge in [-0.3, -0.25) is 10.1 Å². The molecule has 0 fully saturated rings. The lowest BCUT2D eigenvalue weighted by Crippen LogP contribution is -2.14. The van der Waals surface area contributed by atoms with Crippen LogP contribution in [0, 0.1) is 37.8 Å². The molecule has 0 radical (unpaired) electrons. The molecular formula is C21H34N2O5P2. The highest BCUT2D eigenvalue weighted by Gasteiger charge is 2.26. The standard InChI is InChI=1S/C10H14NO3P.C10H16NOP.CH4O/c1-7-5-6-9(11(12)13)10(8(7)2)15(3,4)14;1-7-5-6-9(11)10(8(7)2)13(3,4)12;1-2/h5-6H,1-4H3;5-6H,11H2,1-4H3;2H,1H3. The first-order valence-corrected chi connectivity index (χ1v) is 14.4. The third-order valence-electron chi connectivity index (χ3n) is 4.69. The summed E-state index contributed by atoms with van der Waals surface area (Å²) in [5.74, 6) is 0. The van der Waals surface area contributed by atoms with Crippen molar-refractivity contribution in [2.45, 2.75) is 27.7 Å². The Morgan fingerprint density at radius 3 is 1.50 bits per heavy atom. The summed E-state index contributed by atoms with van der Waals surface area (Å²) >= 11 is 0. The molecule has 0 aliphatic rings. The zero-order valence-electron chi connectivity index (χ0n) is 19.3. The number of nitro groups is 1. The van der Waals surface area contributed by atoms with E-state index in [0.717, 1.165) is 34.7 Å². The number of aryl methyl sites for hydroxylation is 2. The summed E-state index contributed by atoms with van der Waals surface area (Å²) in [7, 11) is -3.86. The molecule has 2 aromatic rings. The van der Waals surface area contributed by atoms with Crippen LogP contribution in [0.5, 0.6) is 0 Å².